The largest absolute Gasteiger partial charge is 0.466 e. The van der Waals surface area contributed by atoms with Crippen LogP contribution in [0.5, 0.6) is 0 Å². The van der Waals surface area contributed by atoms with Crippen LogP contribution in [0.3, 0.4) is 0 Å². The second-order valence-corrected chi connectivity index (χ2v) is 28.5. The van der Waals surface area contributed by atoms with Crippen molar-refractivity contribution in [1.82, 2.24) is 5.32 Å². The SMILES string of the molecule is CCCCCCCCCCCCCCCCCC/C=C/C(O)C(CO)NC(=O)CCCCCCCCCCCCCCCCCCC/C=C\C/C=C\CCCCCCCCCCCCCCCOC(=O)CCCCCCCCCCCCCCCCCCCC. The predicted octanol–water partition coefficient (Wildman–Crippen LogP) is 27.4. The van der Waals surface area contributed by atoms with Gasteiger partial charge >= 0.3 is 5.97 Å². The third kappa shape index (κ3) is 75.1. The number of nitrogens with one attached hydrogen (secondary N) is 1. The molecule has 0 rings (SSSR count). The molecule has 0 aromatic carbocycles. The molecule has 0 aliphatic carbocycles. The highest BCUT2D eigenvalue weighted by Crippen LogP contribution is 2.20. The summed E-state index contributed by atoms with van der Waals surface area (Å²) in [7, 11) is 0. The lowest BCUT2D eigenvalue weighted by Crippen LogP contribution is -2.45. The molecule has 2 atom stereocenters. The molecular weight excluding hydrogens is 1100 g/mol. The van der Waals surface area contributed by atoms with Crippen LogP contribution in [0.25, 0.3) is 0 Å². The van der Waals surface area contributed by atoms with E-state index >= 15 is 0 Å². The van der Waals surface area contributed by atoms with Crippen LogP contribution in [-0.2, 0) is 14.3 Å². The first-order valence-corrected chi connectivity index (χ1v) is 41.3. The van der Waals surface area contributed by atoms with Gasteiger partial charge in [-0.15, -0.1) is 0 Å². The molecule has 0 aromatic heterocycles. The fraction of sp³-hybridized carbons (Fsp3) is 0.905. The lowest BCUT2D eigenvalue weighted by atomic mass is 10.0. The standard InChI is InChI=1S/C84H161NO5/c1-3-5-7-9-11-13-15-17-19-21-44-48-52-56-60-64-68-72-76-82(87)81(80-86)85-83(88)77-73-69-65-61-57-53-49-45-42-40-38-36-34-32-30-28-26-24-23-25-27-29-31-33-35-37-39-41-43-47-51-55-59-63-67-71-75-79-90-84(89)78-74-70-66-62-58-54-50-46-22-20-18-16-14-12-10-8-6-4-2/h23,25,29,31,72,76,81-82,86-87H,3-22,24,26-28,30,32-71,73-75,77-80H2,1-2H3,(H,85,88)/b25-23-,31-29-,76-72+. The molecule has 0 heterocycles. The number of ether oxygens (including phenoxy) is 1. The lowest BCUT2D eigenvalue weighted by Gasteiger charge is -2.20. The number of aliphatic hydroxyl groups excluding tert-OH is 2. The van der Waals surface area contributed by atoms with Crippen LogP contribution in [-0.4, -0.2) is 47.4 Å². The van der Waals surface area contributed by atoms with Crippen molar-refractivity contribution in [3.63, 3.8) is 0 Å². The quantitative estimate of drug-likeness (QED) is 0.0320. The molecule has 0 saturated heterocycles. The van der Waals surface area contributed by atoms with Crippen LogP contribution in [0.15, 0.2) is 36.5 Å². The lowest BCUT2D eigenvalue weighted by molar-refractivity contribution is -0.143. The monoisotopic (exact) mass is 1260 g/mol. The van der Waals surface area contributed by atoms with Gasteiger partial charge in [-0.05, 0) is 64.2 Å². The molecule has 1 amide bonds. The Hall–Kier alpha value is -1.92. The number of allylic oxidation sites excluding steroid dienone is 5. The predicted molar refractivity (Wildman–Crippen MR) is 398 cm³/mol. The Morgan fingerprint density at radius 1 is 0.311 bits per heavy atom. The molecule has 2 unspecified atom stereocenters. The molecule has 532 valence electrons. The zero-order valence-corrected chi connectivity index (χ0v) is 61.1. The average Bonchev–Trinajstić information content (AvgIpc) is 3.69. The van der Waals surface area contributed by atoms with Crippen molar-refractivity contribution >= 4 is 11.9 Å². The number of carbonyl (C=O) groups excluding carboxylic acids is 2. The molecule has 0 fully saturated rings. The van der Waals surface area contributed by atoms with Crippen molar-refractivity contribution in [1.29, 1.82) is 0 Å². The number of esters is 1. The zero-order valence-electron chi connectivity index (χ0n) is 61.1. The van der Waals surface area contributed by atoms with Crippen LogP contribution in [0.1, 0.15) is 463 Å². The molecule has 6 heteroatoms. The summed E-state index contributed by atoms with van der Waals surface area (Å²) in [5.41, 5.74) is 0. The third-order valence-electron chi connectivity index (χ3n) is 19.4. The van der Waals surface area contributed by atoms with Crippen LogP contribution in [0.4, 0.5) is 0 Å². The van der Waals surface area contributed by atoms with E-state index in [1.165, 1.54) is 392 Å². The van der Waals surface area contributed by atoms with Gasteiger partial charge in [-0.3, -0.25) is 9.59 Å². The van der Waals surface area contributed by atoms with Crippen molar-refractivity contribution < 1.29 is 24.5 Å². The van der Waals surface area contributed by atoms with Crippen molar-refractivity contribution in [2.45, 2.75) is 475 Å². The van der Waals surface area contributed by atoms with E-state index in [0.717, 1.165) is 44.9 Å². The van der Waals surface area contributed by atoms with Gasteiger partial charge in [0.1, 0.15) is 0 Å². The van der Waals surface area contributed by atoms with E-state index in [-0.39, 0.29) is 18.5 Å². The Morgan fingerprint density at radius 2 is 0.556 bits per heavy atom. The van der Waals surface area contributed by atoms with Crippen LogP contribution in [0.2, 0.25) is 0 Å². The molecule has 0 bridgehead atoms. The van der Waals surface area contributed by atoms with E-state index in [1.807, 2.05) is 6.08 Å². The summed E-state index contributed by atoms with van der Waals surface area (Å²) in [5, 5.41) is 23.2. The molecule has 0 aromatic rings. The molecule has 0 radical (unpaired) electrons. The average molecular weight is 1270 g/mol. The number of aliphatic hydroxyl groups is 2. The second-order valence-electron chi connectivity index (χ2n) is 28.5. The second kappa shape index (κ2) is 79.5. The maximum Gasteiger partial charge on any atom is 0.305 e. The summed E-state index contributed by atoms with van der Waals surface area (Å²) in [6.07, 6.45) is 104. The highest BCUT2D eigenvalue weighted by Gasteiger charge is 2.18. The number of rotatable bonds is 78. The molecule has 90 heavy (non-hydrogen) atoms. The van der Waals surface area contributed by atoms with Crippen molar-refractivity contribution in [2.75, 3.05) is 13.2 Å². The van der Waals surface area contributed by atoms with Gasteiger partial charge in [0.25, 0.3) is 0 Å². The van der Waals surface area contributed by atoms with Gasteiger partial charge in [0.05, 0.1) is 25.4 Å². The highest BCUT2D eigenvalue weighted by molar-refractivity contribution is 5.76. The number of amides is 1. The molecular formula is C84H161NO5. The van der Waals surface area contributed by atoms with Crippen LogP contribution in [0, 0.1) is 0 Å². The normalized spacial score (nSPS) is 12.6. The first-order valence-electron chi connectivity index (χ1n) is 41.3. The summed E-state index contributed by atoms with van der Waals surface area (Å²) in [4.78, 5) is 24.7. The van der Waals surface area contributed by atoms with Crippen LogP contribution >= 0.6 is 0 Å². The summed E-state index contributed by atoms with van der Waals surface area (Å²) >= 11 is 0. The molecule has 6 nitrogen and oxygen atoms in total. The van der Waals surface area contributed by atoms with Gasteiger partial charge in [0, 0.05) is 12.8 Å². The first kappa shape index (κ1) is 88.1. The van der Waals surface area contributed by atoms with E-state index in [0.29, 0.717) is 19.4 Å². The van der Waals surface area contributed by atoms with E-state index in [1.54, 1.807) is 6.08 Å². The van der Waals surface area contributed by atoms with Gasteiger partial charge in [0.2, 0.25) is 5.91 Å². The Morgan fingerprint density at radius 3 is 0.844 bits per heavy atom. The number of hydrogen-bond donors (Lipinski definition) is 3. The molecule has 0 saturated carbocycles. The van der Waals surface area contributed by atoms with Gasteiger partial charge in [-0.1, -0.05) is 423 Å². The maximum absolute atomic E-state index is 12.5. The van der Waals surface area contributed by atoms with E-state index in [9.17, 15) is 19.8 Å². The molecule has 0 spiro atoms. The van der Waals surface area contributed by atoms with E-state index < -0.39 is 12.1 Å². The fourth-order valence-corrected chi connectivity index (χ4v) is 13.1. The smallest absolute Gasteiger partial charge is 0.305 e. The van der Waals surface area contributed by atoms with Crippen LogP contribution < -0.4 is 5.32 Å². The van der Waals surface area contributed by atoms with Crippen molar-refractivity contribution in [2.24, 2.45) is 0 Å². The van der Waals surface area contributed by atoms with Crippen molar-refractivity contribution in [3.8, 4) is 0 Å². The van der Waals surface area contributed by atoms with Crippen molar-refractivity contribution in [3.05, 3.63) is 36.5 Å². The van der Waals surface area contributed by atoms with Gasteiger partial charge in [-0.2, -0.15) is 0 Å². The number of carbonyl (C=O) groups is 2. The van der Waals surface area contributed by atoms with E-state index in [4.69, 9.17) is 4.74 Å². The Balaban J connectivity index is 3.36. The summed E-state index contributed by atoms with van der Waals surface area (Å²) in [5.74, 6) is -0.0375. The third-order valence-corrected chi connectivity index (χ3v) is 19.4. The minimum absolute atomic E-state index is 0.0238. The fourth-order valence-electron chi connectivity index (χ4n) is 13.1. The maximum atomic E-state index is 12.5. The Labute approximate surface area is 564 Å². The Kier molecular flexibility index (Phi) is 77.8. The topological polar surface area (TPSA) is 95.9 Å². The zero-order chi connectivity index (χ0) is 64.9. The summed E-state index contributed by atoms with van der Waals surface area (Å²) in [6.45, 7) is 4.96. The molecule has 0 aliphatic heterocycles. The first-order chi connectivity index (χ1) is 44.5. The summed E-state index contributed by atoms with van der Waals surface area (Å²) < 4.78 is 5.52. The minimum atomic E-state index is -0.843. The highest BCUT2D eigenvalue weighted by atomic mass is 16.5. The van der Waals surface area contributed by atoms with E-state index in [2.05, 4.69) is 43.5 Å². The van der Waals surface area contributed by atoms with Gasteiger partial charge < -0.3 is 20.3 Å². The number of unbranched alkanes of at least 4 members (excludes halogenated alkanes) is 63. The van der Waals surface area contributed by atoms with Gasteiger partial charge in [-0.25, -0.2) is 0 Å². The number of hydrogen-bond acceptors (Lipinski definition) is 5. The minimum Gasteiger partial charge on any atom is -0.466 e. The molecule has 3 N–H and O–H groups in total. The Bertz CT molecular complexity index is 1460. The summed E-state index contributed by atoms with van der Waals surface area (Å²) in [6, 6.07) is -0.627. The molecule has 0 aliphatic rings. The van der Waals surface area contributed by atoms with Gasteiger partial charge in [0.15, 0.2) is 0 Å².